The molecule has 0 spiro atoms. The first kappa shape index (κ1) is 14.3. The zero-order valence-electron chi connectivity index (χ0n) is 10.4. The summed E-state index contributed by atoms with van der Waals surface area (Å²) in [4.78, 5) is 0. The van der Waals surface area contributed by atoms with Gasteiger partial charge in [-0.25, -0.2) is 0 Å². The van der Waals surface area contributed by atoms with E-state index >= 15 is 0 Å². The fourth-order valence-corrected chi connectivity index (χ4v) is 1.58. The Kier molecular flexibility index (Phi) is 6.34. The molecular formula is C13H20ClNO2. The molecule has 17 heavy (non-hydrogen) atoms. The predicted octanol–water partition coefficient (Wildman–Crippen LogP) is 2.81. The van der Waals surface area contributed by atoms with Gasteiger partial charge in [0.15, 0.2) is 0 Å². The van der Waals surface area contributed by atoms with Gasteiger partial charge in [-0.3, -0.25) is 0 Å². The van der Waals surface area contributed by atoms with Crippen LogP contribution in [0.5, 0.6) is 5.75 Å². The van der Waals surface area contributed by atoms with Crippen molar-refractivity contribution in [3.05, 3.63) is 28.8 Å². The number of rotatable bonds is 7. The molecule has 96 valence electrons. The normalized spacial score (nSPS) is 11.1. The van der Waals surface area contributed by atoms with E-state index in [4.69, 9.17) is 16.3 Å². The molecule has 0 fully saturated rings. The molecule has 1 aromatic carbocycles. The Morgan fingerprint density at radius 3 is 2.88 bits per heavy atom. The van der Waals surface area contributed by atoms with Crippen molar-refractivity contribution in [1.82, 2.24) is 5.32 Å². The third-order valence-corrected chi connectivity index (χ3v) is 2.47. The Morgan fingerprint density at radius 2 is 2.18 bits per heavy atom. The molecule has 3 nitrogen and oxygen atoms in total. The summed E-state index contributed by atoms with van der Waals surface area (Å²) in [6.45, 7) is 7.06. The molecule has 4 heteroatoms. The largest absolute Gasteiger partial charge is 0.508 e. The highest BCUT2D eigenvalue weighted by Crippen LogP contribution is 2.20. The highest BCUT2D eigenvalue weighted by atomic mass is 35.5. The number of ether oxygens (including phenoxy) is 1. The molecule has 0 radical (unpaired) electrons. The molecule has 0 aliphatic carbocycles. The summed E-state index contributed by atoms with van der Waals surface area (Å²) in [5.74, 6) is 0.831. The molecule has 1 aromatic rings. The van der Waals surface area contributed by atoms with Gasteiger partial charge in [-0.1, -0.05) is 25.4 Å². The third kappa shape index (κ3) is 5.91. The summed E-state index contributed by atoms with van der Waals surface area (Å²) < 4.78 is 5.44. The maximum absolute atomic E-state index is 9.58. The maximum atomic E-state index is 9.58. The van der Waals surface area contributed by atoms with Gasteiger partial charge in [-0.05, 0) is 24.1 Å². The highest BCUT2D eigenvalue weighted by molar-refractivity contribution is 6.30. The van der Waals surface area contributed by atoms with Crippen molar-refractivity contribution in [3.63, 3.8) is 0 Å². The van der Waals surface area contributed by atoms with Crippen LogP contribution in [0.4, 0.5) is 0 Å². The topological polar surface area (TPSA) is 41.5 Å². The first-order chi connectivity index (χ1) is 8.09. The summed E-state index contributed by atoms with van der Waals surface area (Å²) in [6, 6.07) is 5.04. The van der Waals surface area contributed by atoms with Crippen molar-refractivity contribution in [2.75, 3.05) is 19.8 Å². The molecule has 0 unspecified atom stereocenters. The van der Waals surface area contributed by atoms with Gasteiger partial charge in [0.1, 0.15) is 5.75 Å². The molecule has 0 amide bonds. The van der Waals surface area contributed by atoms with Crippen LogP contribution in [0.2, 0.25) is 5.02 Å². The Hall–Kier alpha value is -0.770. The van der Waals surface area contributed by atoms with Crippen molar-refractivity contribution in [2.24, 2.45) is 5.92 Å². The predicted molar refractivity (Wildman–Crippen MR) is 70.5 cm³/mol. The summed E-state index contributed by atoms with van der Waals surface area (Å²) in [7, 11) is 0. The summed E-state index contributed by atoms with van der Waals surface area (Å²) >= 11 is 5.85. The van der Waals surface area contributed by atoms with Crippen LogP contribution in [0.25, 0.3) is 0 Å². The molecule has 0 saturated heterocycles. The van der Waals surface area contributed by atoms with Crippen molar-refractivity contribution >= 4 is 11.6 Å². The van der Waals surface area contributed by atoms with Gasteiger partial charge in [0.05, 0.1) is 6.61 Å². The number of aromatic hydroxyl groups is 1. The standard InChI is InChI=1S/C13H20ClNO2/c1-10(2)9-17-6-5-15-8-11-7-12(14)3-4-13(11)16/h3-4,7,10,15-16H,5-6,8-9H2,1-2H3. The number of benzene rings is 1. The average Bonchev–Trinajstić information content (AvgIpc) is 2.27. The van der Waals surface area contributed by atoms with Crippen LogP contribution in [-0.4, -0.2) is 24.9 Å². The van der Waals surface area contributed by atoms with Gasteiger partial charge < -0.3 is 15.2 Å². The van der Waals surface area contributed by atoms with Crippen LogP contribution in [0.3, 0.4) is 0 Å². The molecule has 1 rings (SSSR count). The van der Waals surface area contributed by atoms with E-state index in [1.807, 2.05) is 0 Å². The van der Waals surface area contributed by atoms with Crippen LogP contribution >= 0.6 is 11.6 Å². The van der Waals surface area contributed by atoms with Crippen LogP contribution in [-0.2, 0) is 11.3 Å². The fraction of sp³-hybridized carbons (Fsp3) is 0.538. The lowest BCUT2D eigenvalue weighted by molar-refractivity contribution is 0.111. The lowest BCUT2D eigenvalue weighted by Crippen LogP contribution is -2.20. The van der Waals surface area contributed by atoms with E-state index < -0.39 is 0 Å². The zero-order valence-corrected chi connectivity index (χ0v) is 11.1. The molecule has 0 saturated carbocycles. The Balaban J connectivity index is 2.20. The highest BCUT2D eigenvalue weighted by Gasteiger charge is 2.01. The molecular weight excluding hydrogens is 238 g/mol. The van der Waals surface area contributed by atoms with Crippen molar-refractivity contribution in [2.45, 2.75) is 20.4 Å². The number of nitrogens with one attached hydrogen (secondary N) is 1. The Bertz CT molecular complexity index is 342. The van der Waals surface area contributed by atoms with Gasteiger partial charge in [-0.2, -0.15) is 0 Å². The maximum Gasteiger partial charge on any atom is 0.120 e. The van der Waals surface area contributed by atoms with Gasteiger partial charge in [-0.15, -0.1) is 0 Å². The second-order valence-electron chi connectivity index (χ2n) is 4.42. The molecule has 0 aliphatic heterocycles. The molecule has 0 bridgehead atoms. The monoisotopic (exact) mass is 257 g/mol. The van der Waals surface area contributed by atoms with E-state index in [9.17, 15) is 5.11 Å². The summed E-state index contributed by atoms with van der Waals surface area (Å²) in [5, 5.41) is 13.4. The van der Waals surface area contributed by atoms with Crippen LogP contribution in [0.15, 0.2) is 18.2 Å². The Labute approximate surface area is 108 Å². The van der Waals surface area contributed by atoms with Crippen LogP contribution in [0.1, 0.15) is 19.4 Å². The number of phenolic OH excluding ortho intramolecular Hbond substituents is 1. The van der Waals surface area contributed by atoms with Crippen LogP contribution in [0, 0.1) is 5.92 Å². The van der Waals surface area contributed by atoms with E-state index in [2.05, 4.69) is 19.2 Å². The SMILES string of the molecule is CC(C)COCCNCc1cc(Cl)ccc1O. The number of halogens is 1. The quantitative estimate of drug-likeness (QED) is 0.738. The van der Waals surface area contributed by atoms with Gasteiger partial charge >= 0.3 is 0 Å². The molecule has 2 N–H and O–H groups in total. The van der Waals surface area contributed by atoms with Gasteiger partial charge in [0, 0.05) is 30.3 Å². The second kappa shape index (κ2) is 7.54. The summed E-state index contributed by atoms with van der Waals surface area (Å²) in [6.07, 6.45) is 0. The number of phenols is 1. The lowest BCUT2D eigenvalue weighted by Gasteiger charge is -2.09. The molecule has 0 aliphatic rings. The van der Waals surface area contributed by atoms with E-state index in [-0.39, 0.29) is 5.75 Å². The zero-order chi connectivity index (χ0) is 12.7. The van der Waals surface area contributed by atoms with E-state index in [1.54, 1.807) is 18.2 Å². The third-order valence-electron chi connectivity index (χ3n) is 2.23. The second-order valence-corrected chi connectivity index (χ2v) is 4.86. The average molecular weight is 258 g/mol. The first-order valence-corrected chi connectivity index (χ1v) is 6.23. The van der Waals surface area contributed by atoms with E-state index in [1.165, 1.54) is 0 Å². The lowest BCUT2D eigenvalue weighted by atomic mass is 10.2. The molecule has 0 aromatic heterocycles. The van der Waals surface area contributed by atoms with E-state index in [0.717, 1.165) is 18.7 Å². The minimum absolute atomic E-state index is 0.269. The van der Waals surface area contributed by atoms with Crippen molar-refractivity contribution in [1.29, 1.82) is 0 Å². The fourth-order valence-electron chi connectivity index (χ4n) is 1.38. The summed E-state index contributed by atoms with van der Waals surface area (Å²) in [5.41, 5.74) is 0.807. The van der Waals surface area contributed by atoms with Crippen LogP contribution < -0.4 is 5.32 Å². The number of hydrogen-bond acceptors (Lipinski definition) is 3. The molecule has 0 heterocycles. The van der Waals surface area contributed by atoms with Gasteiger partial charge in [0.2, 0.25) is 0 Å². The Morgan fingerprint density at radius 1 is 1.41 bits per heavy atom. The number of hydrogen-bond donors (Lipinski definition) is 2. The minimum atomic E-state index is 0.269. The molecule has 0 atom stereocenters. The van der Waals surface area contributed by atoms with Crippen molar-refractivity contribution < 1.29 is 9.84 Å². The minimum Gasteiger partial charge on any atom is -0.508 e. The van der Waals surface area contributed by atoms with Gasteiger partial charge in [0.25, 0.3) is 0 Å². The van der Waals surface area contributed by atoms with E-state index in [0.29, 0.717) is 24.1 Å². The van der Waals surface area contributed by atoms with Crippen molar-refractivity contribution in [3.8, 4) is 5.75 Å². The smallest absolute Gasteiger partial charge is 0.120 e. The first-order valence-electron chi connectivity index (χ1n) is 5.85.